The summed E-state index contributed by atoms with van der Waals surface area (Å²) >= 11 is 1.32. The number of aromatic nitrogens is 1. The van der Waals surface area contributed by atoms with Crippen LogP contribution in [0.15, 0.2) is 40.6 Å². The third-order valence-corrected chi connectivity index (χ3v) is 7.43. The molecule has 2 fully saturated rings. The average Bonchev–Trinajstić information content (AvgIpc) is 3.16. The fourth-order valence-corrected chi connectivity index (χ4v) is 7.02. The Balaban J connectivity index is 1.69. The molecular formula is C16H16N4O3S2. The number of rotatable bonds is 2. The zero-order valence-corrected chi connectivity index (χ0v) is 15.0. The average molecular weight is 376 g/mol. The second kappa shape index (κ2) is 5.99. The number of aromatic amines is 1. The summed E-state index contributed by atoms with van der Waals surface area (Å²) in [5, 5.41) is 7.42. The van der Waals surface area contributed by atoms with E-state index in [9.17, 15) is 13.2 Å². The summed E-state index contributed by atoms with van der Waals surface area (Å²) in [7, 11) is -3.08. The van der Waals surface area contributed by atoms with E-state index >= 15 is 0 Å². The van der Waals surface area contributed by atoms with Crippen LogP contribution in [-0.4, -0.2) is 58.5 Å². The molecule has 0 bridgehead atoms. The number of aliphatic imine (C=N–C) groups is 1. The first-order valence-electron chi connectivity index (χ1n) is 7.79. The number of fused-ring (bicyclic) bond motifs is 2. The lowest BCUT2D eigenvalue weighted by molar-refractivity contribution is -0.115. The highest BCUT2D eigenvalue weighted by Crippen LogP contribution is 2.38. The molecule has 7 nitrogen and oxygen atoms in total. The van der Waals surface area contributed by atoms with Crippen molar-refractivity contribution in [3.05, 3.63) is 36.0 Å². The SMILES string of the molecule is CC(=O)N=C1S[C@@H]2CS(=O)(=O)C[C@H]2N1/N=C\c1c[nH]c2ccccc12. The van der Waals surface area contributed by atoms with E-state index in [1.54, 1.807) is 11.2 Å². The Kier molecular flexibility index (Phi) is 3.92. The van der Waals surface area contributed by atoms with Crippen molar-refractivity contribution in [3.63, 3.8) is 0 Å². The van der Waals surface area contributed by atoms with Crippen LogP contribution in [0.2, 0.25) is 0 Å². The summed E-state index contributed by atoms with van der Waals surface area (Å²) in [6.07, 6.45) is 3.53. The number of nitrogens with one attached hydrogen (secondary N) is 1. The van der Waals surface area contributed by atoms with Crippen LogP contribution < -0.4 is 0 Å². The van der Waals surface area contributed by atoms with Crippen LogP contribution in [0.25, 0.3) is 10.9 Å². The van der Waals surface area contributed by atoms with Crippen molar-refractivity contribution in [1.82, 2.24) is 9.99 Å². The number of sulfone groups is 1. The number of amides is 1. The second-order valence-corrected chi connectivity index (χ2v) is 9.45. The summed E-state index contributed by atoms with van der Waals surface area (Å²) < 4.78 is 23.8. The molecule has 2 aliphatic rings. The Morgan fingerprint density at radius 3 is 2.96 bits per heavy atom. The van der Waals surface area contributed by atoms with Crippen molar-refractivity contribution in [3.8, 4) is 0 Å². The van der Waals surface area contributed by atoms with E-state index in [2.05, 4.69) is 15.1 Å². The number of thioether (sulfide) groups is 1. The third-order valence-electron chi connectivity index (χ3n) is 4.23. The maximum atomic E-state index is 11.9. The summed E-state index contributed by atoms with van der Waals surface area (Å²) in [5.74, 6) is -0.192. The van der Waals surface area contributed by atoms with Crippen molar-refractivity contribution >= 4 is 49.8 Å². The minimum absolute atomic E-state index is 0.0345. The highest BCUT2D eigenvalue weighted by atomic mass is 32.2. The van der Waals surface area contributed by atoms with E-state index in [4.69, 9.17) is 0 Å². The van der Waals surface area contributed by atoms with Gasteiger partial charge in [-0.3, -0.25) is 4.79 Å². The number of para-hydroxylation sites is 1. The van der Waals surface area contributed by atoms with E-state index in [-0.39, 0.29) is 28.7 Å². The van der Waals surface area contributed by atoms with Gasteiger partial charge in [-0.1, -0.05) is 30.0 Å². The molecule has 2 aliphatic heterocycles. The zero-order valence-electron chi connectivity index (χ0n) is 13.4. The fourth-order valence-electron chi connectivity index (χ4n) is 3.14. The van der Waals surface area contributed by atoms with Crippen molar-refractivity contribution in [1.29, 1.82) is 0 Å². The molecule has 25 heavy (non-hydrogen) atoms. The molecule has 2 aromatic rings. The molecule has 1 N–H and O–H groups in total. The second-order valence-electron chi connectivity index (χ2n) is 6.09. The lowest BCUT2D eigenvalue weighted by Gasteiger charge is -2.17. The lowest BCUT2D eigenvalue weighted by Crippen LogP contribution is -2.33. The van der Waals surface area contributed by atoms with Crippen LogP contribution in [0.5, 0.6) is 0 Å². The van der Waals surface area contributed by atoms with E-state index < -0.39 is 9.84 Å². The largest absolute Gasteiger partial charge is 0.361 e. The number of hydrogen-bond donors (Lipinski definition) is 1. The molecule has 4 rings (SSSR count). The van der Waals surface area contributed by atoms with Gasteiger partial charge < -0.3 is 4.98 Å². The van der Waals surface area contributed by atoms with Crippen LogP contribution in [0, 0.1) is 0 Å². The van der Waals surface area contributed by atoms with Crippen LogP contribution in [0.1, 0.15) is 12.5 Å². The van der Waals surface area contributed by atoms with E-state index in [0.717, 1.165) is 16.5 Å². The number of benzene rings is 1. The van der Waals surface area contributed by atoms with Crippen LogP contribution in [0.3, 0.4) is 0 Å². The topological polar surface area (TPSA) is 95.0 Å². The van der Waals surface area contributed by atoms with E-state index in [1.807, 2.05) is 30.5 Å². The molecule has 1 amide bonds. The van der Waals surface area contributed by atoms with Gasteiger partial charge in [0.25, 0.3) is 0 Å². The molecule has 3 heterocycles. The van der Waals surface area contributed by atoms with Gasteiger partial charge in [0, 0.05) is 29.6 Å². The highest BCUT2D eigenvalue weighted by molar-refractivity contribution is 8.15. The molecule has 1 aromatic carbocycles. The maximum Gasteiger partial charge on any atom is 0.245 e. The van der Waals surface area contributed by atoms with Gasteiger partial charge in [0.1, 0.15) is 0 Å². The fraction of sp³-hybridized carbons (Fsp3) is 0.312. The van der Waals surface area contributed by atoms with Gasteiger partial charge in [0.15, 0.2) is 15.0 Å². The minimum Gasteiger partial charge on any atom is -0.361 e. The number of carbonyl (C=O) groups is 1. The maximum absolute atomic E-state index is 11.9. The monoisotopic (exact) mass is 376 g/mol. The number of nitrogens with zero attached hydrogens (tertiary/aromatic N) is 3. The van der Waals surface area contributed by atoms with Crippen molar-refractivity contribution in [2.45, 2.75) is 18.2 Å². The molecule has 0 radical (unpaired) electrons. The molecule has 9 heteroatoms. The number of carbonyl (C=O) groups excluding carboxylic acids is 1. The van der Waals surface area contributed by atoms with Crippen LogP contribution in [0.4, 0.5) is 0 Å². The zero-order chi connectivity index (χ0) is 17.6. The summed E-state index contributed by atoms with van der Waals surface area (Å²) in [6, 6.07) is 7.57. The first-order valence-corrected chi connectivity index (χ1v) is 10.5. The van der Waals surface area contributed by atoms with Crippen molar-refractivity contribution < 1.29 is 13.2 Å². The van der Waals surface area contributed by atoms with Crippen LogP contribution >= 0.6 is 11.8 Å². The smallest absolute Gasteiger partial charge is 0.245 e. The normalized spacial score (nSPS) is 26.8. The molecule has 0 saturated carbocycles. The minimum atomic E-state index is -3.08. The Labute approximate surface area is 149 Å². The molecule has 130 valence electrons. The highest BCUT2D eigenvalue weighted by Gasteiger charge is 2.49. The molecule has 0 spiro atoms. The van der Waals surface area contributed by atoms with E-state index in [0.29, 0.717) is 5.17 Å². The van der Waals surface area contributed by atoms with Gasteiger partial charge >= 0.3 is 0 Å². The van der Waals surface area contributed by atoms with Crippen molar-refractivity contribution in [2.24, 2.45) is 10.1 Å². The number of hydrogen-bond acceptors (Lipinski definition) is 5. The Hall–Kier alpha value is -2.13. The van der Waals surface area contributed by atoms with Gasteiger partial charge in [0.2, 0.25) is 5.91 Å². The summed E-state index contributed by atoms with van der Waals surface area (Å²) in [6.45, 7) is 1.37. The molecule has 1 aromatic heterocycles. The first kappa shape index (κ1) is 16.3. The Bertz CT molecular complexity index is 1010. The van der Waals surface area contributed by atoms with Gasteiger partial charge in [-0.25, -0.2) is 13.4 Å². The Morgan fingerprint density at radius 1 is 1.36 bits per heavy atom. The van der Waals surface area contributed by atoms with E-state index in [1.165, 1.54) is 18.7 Å². The quantitative estimate of drug-likeness (QED) is 0.804. The third kappa shape index (κ3) is 3.09. The van der Waals surface area contributed by atoms with Gasteiger partial charge in [-0.2, -0.15) is 10.1 Å². The summed E-state index contributed by atoms with van der Waals surface area (Å²) in [4.78, 5) is 18.6. The predicted molar refractivity (Wildman–Crippen MR) is 99.7 cm³/mol. The number of H-pyrrole nitrogens is 1. The number of amidine groups is 1. The molecule has 2 atom stereocenters. The molecule has 0 aliphatic carbocycles. The van der Waals surface area contributed by atoms with Gasteiger partial charge in [0.05, 0.1) is 29.0 Å². The number of hydrazone groups is 1. The Morgan fingerprint density at radius 2 is 2.16 bits per heavy atom. The van der Waals surface area contributed by atoms with Crippen LogP contribution in [-0.2, 0) is 14.6 Å². The standard InChI is InChI=1S/C16H16N4O3S2/c1-10(21)19-16-20(14-8-25(22,23)9-15(14)24-16)18-7-11-6-17-13-5-3-2-4-12(11)13/h2-7,14-15,17H,8-9H2,1H3/b18-7-,19-16?/t14-,15-/m1/s1. The lowest BCUT2D eigenvalue weighted by atomic mass is 10.2. The summed E-state index contributed by atoms with van der Waals surface area (Å²) in [5.41, 5.74) is 1.89. The van der Waals surface area contributed by atoms with Gasteiger partial charge in [-0.05, 0) is 6.07 Å². The molecular weight excluding hydrogens is 360 g/mol. The predicted octanol–water partition coefficient (Wildman–Crippen LogP) is 1.62. The molecule has 2 saturated heterocycles. The van der Waals surface area contributed by atoms with Gasteiger partial charge in [-0.15, -0.1) is 0 Å². The first-order chi connectivity index (χ1) is 11.9. The molecule has 0 unspecified atom stereocenters. The van der Waals surface area contributed by atoms with Crippen molar-refractivity contribution in [2.75, 3.05) is 11.5 Å².